The van der Waals surface area contributed by atoms with Gasteiger partial charge < -0.3 is 134 Å². The van der Waals surface area contributed by atoms with Crippen LogP contribution in [0.2, 0.25) is 0 Å². The van der Waals surface area contributed by atoms with Crippen LogP contribution in [0.1, 0.15) is 20.8 Å². The molecule has 1 unspecified atom stereocenters. The van der Waals surface area contributed by atoms with Gasteiger partial charge in [0.05, 0.1) is 19.8 Å². The van der Waals surface area contributed by atoms with Gasteiger partial charge in [0, 0.05) is 20.8 Å². The Morgan fingerprint density at radius 2 is 0.716 bits per heavy atom. The van der Waals surface area contributed by atoms with Crippen LogP contribution in [-0.2, 0) is 139 Å². The van der Waals surface area contributed by atoms with Crippen molar-refractivity contribution in [1.29, 1.82) is 0 Å². The predicted molar refractivity (Wildman–Crippen MR) is 277 cm³/mol. The average Bonchev–Trinajstić information content (AvgIpc) is 0.768. The van der Waals surface area contributed by atoms with Crippen molar-refractivity contribution in [3.8, 4) is 0 Å². The van der Waals surface area contributed by atoms with Crippen LogP contribution in [-0.4, -0.2) is 358 Å². The lowest BCUT2D eigenvalue weighted by molar-refractivity contribution is -0.375. The van der Waals surface area contributed by atoms with E-state index in [9.17, 15) is 142 Å². The number of carboxylic acids is 3. The maximum Gasteiger partial charge on any atom is 0.397 e. The zero-order chi connectivity index (χ0) is 71.6. The minimum absolute atomic E-state index is 0.662. The highest BCUT2D eigenvalue weighted by atomic mass is 32.3. The molecular weight excluding hydrogens is 1410 g/mol. The second-order valence-electron chi connectivity index (χ2n) is 21.1. The van der Waals surface area contributed by atoms with E-state index in [1.54, 1.807) is 0 Å². The van der Waals surface area contributed by atoms with Gasteiger partial charge in [-0.05, 0) is 0 Å². The number of aliphatic carboxylic acids is 3. The third-order valence-corrected chi connectivity index (χ3v) is 16.2. The van der Waals surface area contributed by atoms with Gasteiger partial charge in [0.1, 0.15) is 122 Å². The number of carboxylic acid groups (broad SMARTS) is 3. The first kappa shape index (κ1) is 79.4. The summed E-state index contributed by atoms with van der Waals surface area (Å²) in [7, 11) is -22.8. The van der Waals surface area contributed by atoms with E-state index in [0.717, 1.165) is 13.8 Å². The number of carbonyl (C=O) groups is 6. The Bertz CT molecular complexity index is 3190. The van der Waals surface area contributed by atoms with Gasteiger partial charge in [-0.1, -0.05) is 0 Å². The number of aliphatic hydroxyl groups excluding tert-OH is 10. The molecule has 548 valence electrons. The van der Waals surface area contributed by atoms with Crippen molar-refractivity contribution >= 4 is 77.2 Å². The van der Waals surface area contributed by atoms with Crippen LogP contribution >= 0.6 is 0 Å². The van der Waals surface area contributed by atoms with Gasteiger partial charge in [-0.3, -0.25) is 32.6 Å². The Kier molecular flexibility index (Phi) is 26.6. The first-order valence-electron chi connectivity index (χ1n) is 26.7. The van der Waals surface area contributed by atoms with Gasteiger partial charge in [-0.2, -0.15) is 33.7 Å². The summed E-state index contributed by atoms with van der Waals surface area (Å²) in [6.07, 6.45) is -70.4. The lowest BCUT2D eigenvalue weighted by Crippen LogP contribution is -2.72. The van der Waals surface area contributed by atoms with Crippen LogP contribution < -0.4 is 16.0 Å². The van der Waals surface area contributed by atoms with Crippen LogP contribution in [0.15, 0.2) is 0 Å². The molecule has 30 atom stereocenters. The van der Waals surface area contributed by atoms with Gasteiger partial charge in [0.15, 0.2) is 62.2 Å². The SMILES string of the molecule is CC(=O)N[C@H]1[C@H](O[C@H]2[C@H](O)[C@@H](OS(=O)(=O)O)[C@H](O[C@H]3[C@@H](O)[C@@H](COS(=O)(=O)O)OC(O)[C@@H]3NC(C)=O)O[C@@H]2C(=O)O)O[C@H](CO)[C@H](OS(=O)(=O)O)[C@@H]1O[C@@H]1O[C@H](C(=O)O)[C@@H](O[C@@H]2O[C@H](COS(=O)(=O)O)[C@H](O)[C@H](O[C@@H]3O[C@H](C(=O)O)[C@@H](O)[C@H](O)[C@H]3O)[C@H]2NC(C)=O)[C@H](O)[C@H]1O. The van der Waals surface area contributed by atoms with Crippen molar-refractivity contribution in [1.82, 2.24) is 16.0 Å². The predicted octanol–water partition coefficient (Wildman–Crippen LogP) is -14.1. The highest BCUT2D eigenvalue weighted by molar-refractivity contribution is 7.81. The molecule has 0 aromatic rings. The molecule has 0 aromatic heterocycles. The van der Waals surface area contributed by atoms with Crippen molar-refractivity contribution < 1.29 is 216 Å². The van der Waals surface area contributed by atoms with Crippen molar-refractivity contribution in [3.05, 3.63) is 0 Å². The van der Waals surface area contributed by atoms with Crippen LogP contribution in [0.3, 0.4) is 0 Å². The first-order valence-corrected chi connectivity index (χ1v) is 32.2. The van der Waals surface area contributed by atoms with Gasteiger partial charge in [-0.25, -0.2) is 31.1 Å². The summed E-state index contributed by atoms with van der Waals surface area (Å²) >= 11 is 0. The zero-order valence-corrected chi connectivity index (χ0v) is 51.3. The van der Waals surface area contributed by atoms with Crippen LogP contribution in [0.25, 0.3) is 0 Å². The lowest BCUT2D eigenvalue weighted by atomic mass is 9.93. The number of rotatable bonds is 27. The normalized spacial score (nSPS) is 41.4. The summed E-state index contributed by atoms with van der Waals surface area (Å²) in [5.74, 6) is -10.1. The molecule has 6 aliphatic heterocycles. The number of hydrogen-bond donors (Lipinski definition) is 20. The summed E-state index contributed by atoms with van der Waals surface area (Å²) in [5, 5.41) is 148. The molecule has 49 nitrogen and oxygen atoms in total. The van der Waals surface area contributed by atoms with Crippen LogP contribution in [0.4, 0.5) is 0 Å². The molecular formula is C42H65N3O46S4. The van der Waals surface area contributed by atoms with Crippen molar-refractivity contribution in [2.24, 2.45) is 0 Å². The lowest BCUT2D eigenvalue weighted by Gasteiger charge is -2.51. The van der Waals surface area contributed by atoms with E-state index in [1.807, 2.05) is 10.6 Å². The van der Waals surface area contributed by atoms with Crippen molar-refractivity contribution in [3.63, 3.8) is 0 Å². The average molecular weight is 1480 g/mol. The molecule has 0 bridgehead atoms. The summed E-state index contributed by atoms with van der Waals surface area (Å²) in [6, 6.07) is -6.84. The number of amides is 3. The number of hydrogen-bond acceptors (Lipinski definition) is 39. The summed E-state index contributed by atoms with van der Waals surface area (Å²) < 4.78 is 212. The maximum atomic E-state index is 13.2. The van der Waals surface area contributed by atoms with Gasteiger partial charge >= 0.3 is 59.5 Å². The number of aliphatic hydroxyl groups is 10. The summed E-state index contributed by atoms with van der Waals surface area (Å²) in [6.45, 7) is -2.22. The molecule has 6 fully saturated rings. The summed E-state index contributed by atoms with van der Waals surface area (Å²) in [4.78, 5) is 76.2. The van der Waals surface area contributed by atoms with E-state index in [-0.39, 0.29) is 0 Å². The van der Waals surface area contributed by atoms with Crippen LogP contribution in [0, 0.1) is 0 Å². The fourth-order valence-corrected chi connectivity index (χ4v) is 12.0. The minimum Gasteiger partial charge on any atom is -0.479 e. The largest absolute Gasteiger partial charge is 0.479 e. The molecule has 0 radical (unpaired) electrons. The Hall–Kier alpha value is -4.54. The topological polar surface area (TPSA) is 757 Å². The van der Waals surface area contributed by atoms with Crippen molar-refractivity contribution in [2.45, 2.75) is 205 Å². The van der Waals surface area contributed by atoms with Gasteiger partial charge in [0.2, 0.25) is 17.7 Å². The third kappa shape index (κ3) is 20.3. The molecule has 6 heterocycles. The standard InChI is InChI=1S/C42H65N3O46S4/c1-7(47)43-13-25(16(50)11(79-37(13)64)5-77-92(65,66)67)83-42-31(91-95(74,75)76)23(57)29(33(89-42)36(62)63)86-39-15(45-9(3)49)27(24(10(4-46)80-39)90-94(71,72)73)84-41-22(56)20(54)28(32(88-41)35(60)61)85-38-14(44-8(2)48)26(17(51)12(81-38)6-78-93(68,69)70)82-40-21(55)18(52)19(53)30(87-40)34(58)59/h10-33,37-42,46,50-57,64H,4-6H2,1-3H3,(H,43,47)(H,44,48)(H,45,49)(H,58,59)(H,60,61)(H,62,63)(H,65,66,67)(H,68,69,70)(H,71,72,73)(H,74,75,76)/t10-,11-,12-,13-,14-,15-,16+,17+,18+,19+,20-,21-,22-,23+,24+,25-,26-,27-,28+,29+,30+,31-,32+,33+,37?,38+,39+,40-,41-,42-/m1/s1. The summed E-state index contributed by atoms with van der Waals surface area (Å²) in [5.41, 5.74) is 0. The van der Waals surface area contributed by atoms with E-state index in [1.165, 1.54) is 0 Å². The molecule has 6 rings (SSSR count). The number of nitrogens with one attached hydrogen (secondary N) is 3. The Morgan fingerprint density at radius 1 is 0.358 bits per heavy atom. The molecule has 6 aliphatic rings. The second-order valence-corrected chi connectivity index (χ2v) is 25.4. The number of ether oxygens (including phenoxy) is 11. The fraction of sp³-hybridized carbons (Fsp3) is 0.857. The highest BCUT2D eigenvalue weighted by Gasteiger charge is 2.62. The van der Waals surface area contributed by atoms with E-state index >= 15 is 0 Å². The maximum absolute atomic E-state index is 13.2. The first-order chi connectivity index (χ1) is 43.7. The molecule has 95 heavy (non-hydrogen) atoms. The monoisotopic (exact) mass is 1480 g/mol. The minimum atomic E-state index is -5.98. The quantitative estimate of drug-likeness (QED) is 0.0340. The van der Waals surface area contributed by atoms with Crippen LogP contribution in [0.5, 0.6) is 0 Å². The van der Waals surface area contributed by atoms with E-state index in [4.69, 9.17) is 60.8 Å². The van der Waals surface area contributed by atoms with Gasteiger partial charge in [-0.15, -0.1) is 0 Å². The Labute approximate surface area is 532 Å². The molecule has 3 amide bonds. The molecule has 6 saturated heterocycles. The third-order valence-electron chi connectivity index (χ3n) is 14.4. The van der Waals surface area contributed by atoms with E-state index in [2.05, 4.69) is 17.9 Å². The van der Waals surface area contributed by atoms with Crippen molar-refractivity contribution in [2.75, 3.05) is 19.8 Å². The molecule has 20 N–H and O–H groups in total. The molecule has 0 saturated carbocycles. The smallest absolute Gasteiger partial charge is 0.397 e. The van der Waals surface area contributed by atoms with Gasteiger partial charge in [0.25, 0.3) is 0 Å². The van der Waals surface area contributed by atoms with E-state index < -0.39 is 281 Å². The Balaban J connectivity index is 1.37. The van der Waals surface area contributed by atoms with E-state index in [0.29, 0.717) is 6.92 Å². The molecule has 0 aliphatic carbocycles. The Morgan fingerprint density at radius 3 is 1.16 bits per heavy atom. The molecule has 0 spiro atoms. The highest BCUT2D eigenvalue weighted by Crippen LogP contribution is 2.39. The zero-order valence-electron chi connectivity index (χ0n) is 48.0. The number of carbonyl (C=O) groups excluding carboxylic acids is 3. The second kappa shape index (κ2) is 31.8. The fourth-order valence-electron chi connectivity index (χ4n) is 10.4. The molecule has 53 heteroatoms. The molecule has 0 aromatic carbocycles.